The van der Waals surface area contributed by atoms with Gasteiger partial charge in [0.15, 0.2) is 31.5 Å². The molecule has 0 aliphatic carbocycles. The van der Waals surface area contributed by atoms with Crippen molar-refractivity contribution in [2.75, 3.05) is 46.2 Å². The molecule has 0 spiro atoms. The van der Waals surface area contributed by atoms with Crippen LogP contribution in [0.5, 0.6) is 0 Å². The van der Waals surface area contributed by atoms with Gasteiger partial charge in [0.05, 0.1) is 70.5 Å². The van der Waals surface area contributed by atoms with Crippen LogP contribution in [-0.2, 0) is 80.8 Å². The van der Waals surface area contributed by atoms with Crippen molar-refractivity contribution in [3.63, 3.8) is 0 Å². The molecular formula is C89H158N4O36. The van der Waals surface area contributed by atoms with E-state index in [1.807, 2.05) is 6.08 Å². The molecule has 0 radical (unpaired) electrons. The van der Waals surface area contributed by atoms with E-state index in [9.17, 15) is 121 Å². The van der Waals surface area contributed by atoms with Crippen molar-refractivity contribution >= 4 is 29.6 Å². The molecule has 4 amide bonds. The van der Waals surface area contributed by atoms with E-state index in [2.05, 4.69) is 47.3 Å². The maximum Gasteiger partial charge on any atom is 0.364 e. The molecule has 6 aliphatic heterocycles. The Bertz CT molecular complexity index is 3160. The number of hydrogen-bond acceptors (Lipinski definition) is 35. The number of carboxylic acid groups (broad SMARTS) is 1. The molecule has 40 nitrogen and oxygen atoms in total. The van der Waals surface area contributed by atoms with Gasteiger partial charge in [0.25, 0.3) is 5.79 Å². The van der Waals surface area contributed by atoms with Crippen LogP contribution >= 0.6 is 0 Å². The van der Waals surface area contributed by atoms with E-state index in [1.54, 1.807) is 6.08 Å². The van der Waals surface area contributed by atoms with Gasteiger partial charge in [-0.25, -0.2) is 4.79 Å². The highest BCUT2D eigenvalue weighted by molar-refractivity contribution is 5.77. The number of carbonyl (C=O) groups excluding carboxylic acids is 4. The zero-order valence-corrected chi connectivity index (χ0v) is 75.9. The van der Waals surface area contributed by atoms with Crippen molar-refractivity contribution in [1.82, 2.24) is 21.3 Å². The van der Waals surface area contributed by atoms with Gasteiger partial charge in [0.2, 0.25) is 23.6 Å². The SMILES string of the molecule is CCCCCCCC/C=C\CCCCCCCCCCCCCCCC(=O)N[C@@H](CO[C@@H]1OC(CO)[C@@H](O[C@@H]2OC(CO)[C@H](O[C@@H]3OC(CO)[C@H](O)[C@H](O[C@@H]4OC(CO)[C@H](O[C@@H]5OC(CO)[C@H](O)[C@H](O)C5NC(C)=O)[C@H](O[C@]5(C(=O)O)CC(O)[C@@H](NC(C)=O)C([C@H](O)[C@H](O)CO)O5)C4O)C3NC(C)=O)[C@H](O)C2O)[C@H](O)C1O)[C@H](O)/C=C/CCCCCCCCCCCCC. The van der Waals surface area contributed by atoms with E-state index in [0.29, 0.717) is 12.8 Å². The van der Waals surface area contributed by atoms with Gasteiger partial charge in [0, 0.05) is 33.6 Å². The second kappa shape index (κ2) is 61.0. The number of allylic oxidation sites excluding steroid dienone is 3. The van der Waals surface area contributed by atoms with Crippen LogP contribution in [0.4, 0.5) is 0 Å². The molecule has 6 rings (SSSR count). The number of aliphatic hydroxyl groups is 18. The van der Waals surface area contributed by atoms with Crippen LogP contribution < -0.4 is 21.3 Å². The fourth-order valence-electron chi connectivity index (χ4n) is 17.3. The summed E-state index contributed by atoms with van der Waals surface area (Å²) in [6, 6.07) is -6.69. The quantitative estimate of drug-likeness (QED) is 0.0277. The molecule has 0 aromatic carbocycles. The topological polar surface area (TPSA) is 629 Å². The van der Waals surface area contributed by atoms with Gasteiger partial charge in [-0.15, -0.1) is 0 Å². The number of aliphatic hydroxyl groups excluding tert-OH is 18. The Morgan fingerprint density at radius 1 is 0.403 bits per heavy atom. The lowest BCUT2D eigenvalue weighted by molar-refractivity contribution is -0.400. The van der Waals surface area contributed by atoms with Gasteiger partial charge >= 0.3 is 5.97 Å². The van der Waals surface area contributed by atoms with Gasteiger partial charge in [-0.05, 0) is 44.9 Å². The van der Waals surface area contributed by atoms with Gasteiger partial charge in [-0.1, -0.05) is 205 Å². The minimum Gasteiger partial charge on any atom is -0.477 e. The number of amides is 4. The number of ether oxygens (including phenoxy) is 12. The smallest absolute Gasteiger partial charge is 0.364 e. The van der Waals surface area contributed by atoms with E-state index < -0.39 is 278 Å². The molecule has 33 atom stereocenters. The molecule has 6 aliphatic rings. The van der Waals surface area contributed by atoms with Crippen molar-refractivity contribution in [2.24, 2.45) is 0 Å². The molecule has 750 valence electrons. The molecule has 129 heavy (non-hydrogen) atoms. The molecule has 0 saturated carbocycles. The minimum atomic E-state index is -3.41. The van der Waals surface area contributed by atoms with E-state index in [4.69, 9.17) is 56.8 Å². The zero-order chi connectivity index (χ0) is 94.7. The van der Waals surface area contributed by atoms with Gasteiger partial charge < -0.3 is 175 Å². The molecule has 0 aromatic heterocycles. The number of nitrogens with one attached hydrogen (secondary N) is 4. The van der Waals surface area contributed by atoms with Crippen LogP contribution in [0, 0.1) is 0 Å². The normalized spacial score (nSPS) is 34.3. The average molecular weight is 1860 g/mol. The highest BCUT2D eigenvalue weighted by atomic mass is 16.8. The first-order valence-corrected chi connectivity index (χ1v) is 47.2. The van der Waals surface area contributed by atoms with Crippen LogP contribution in [0.3, 0.4) is 0 Å². The Hall–Kier alpha value is -4.37. The van der Waals surface area contributed by atoms with Crippen molar-refractivity contribution in [3.05, 3.63) is 24.3 Å². The fourth-order valence-corrected chi connectivity index (χ4v) is 17.3. The van der Waals surface area contributed by atoms with Crippen LogP contribution in [0.25, 0.3) is 0 Å². The fraction of sp³-hybridized carbons (Fsp3) is 0.899. The van der Waals surface area contributed by atoms with Crippen molar-refractivity contribution in [1.29, 1.82) is 0 Å². The van der Waals surface area contributed by atoms with E-state index in [0.717, 1.165) is 78.6 Å². The third-order valence-electron chi connectivity index (χ3n) is 24.8. The second-order valence-electron chi connectivity index (χ2n) is 35.3. The number of aliphatic carboxylic acids is 1. The second-order valence-corrected chi connectivity index (χ2v) is 35.3. The number of unbranched alkanes of at least 4 members (excludes halogenated alkanes) is 30. The Morgan fingerprint density at radius 3 is 1.25 bits per heavy atom. The standard InChI is InChI=1S/C89H158N4O36/c1-6-8-10-12-14-16-18-20-21-22-23-24-25-26-27-28-29-31-33-35-37-39-41-43-64(106)93-55(56(103)42-40-38-36-34-32-30-19-17-15-13-11-9-7-2)51-118-85-74(113)72(111)78(61(48-97)121-85)125-86-75(114)73(112)77(62(49-98)122-86)124-84-67(92-54(5)102)80(70(109)60(47-96)120-84)127-87-76(115)82(79(63(50-99)123-87)126-83-66(91-53(4)101)71(110)69(108)59(46-95)119-83)129-89(88(116)117)44-57(104)65(90-52(3)100)81(128-89)68(107)58(105)45-94/h20-21,40,42,55-63,65-87,94-99,103-105,107-115H,6-19,22-39,41,43-51H2,1-5H3,(H,90,100)(H,91,101)(H,92,102)(H,93,106)(H,116,117)/b21-20-,42-40+/t55-,56+,57?,58+,59?,60?,61?,62?,63?,65+,66?,67?,68+,69-,70-,71+,72+,73+,74?,75?,76?,77-,78+,79-,80+,81?,82+,83-,84-,85+,86-,87-,89-/m0/s1. The van der Waals surface area contributed by atoms with Crippen molar-refractivity contribution in [3.8, 4) is 0 Å². The summed E-state index contributed by atoms with van der Waals surface area (Å²) in [5, 5.41) is 224. The number of carbonyl (C=O) groups is 5. The highest BCUT2D eigenvalue weighted by Crippen LogP contribution is 2.42. The van der Waals surface area contributed by atoms with Crippen LogP contribution in [0.15, 0.2) is 24.3 Å². The summed E-state index contributed by atoms with van der Waals surface area (Å²) in [6.07, 6.45) is -13.0. The van der Waals surface area contributed by atoms with Crippen molar-refractivity contribution in [2.45, 2.75) is 461 Å². The Morgan fingerprint density at radius 2 is 0.783 bits per heavy atom. The Labute approximate surface area is 757 Å². The Kier molecular flexibility index (Phi) is 53.6. The number of carboxylic acids is 1. The maximum atomic E-state index is 13.8. The zero-order valence-electron chi connectivity index (χ0n) is 75.9. The molecule has 23 N–H and O–H groups in total. The van der Waals surface area contributed by atoms with Crippen LogP contribution in [-0.4, -0.2) is 375 Å². The molecule has 6 heterocycles. The van der Waals surface area contributed by atoms with Crippen LogP contribution in [0.1, 0.15) is 259 Å². The van der Waals surface area contributed by atoms with Crippen molar-refractivity contribution < 1.29 is 178 Å². The average Bonchev–Trinajstić information content (AvgIpc) is 0.735. The van der Waals surface area contributed by atoms with Gasteiger partial charge in [-0.2, -0.15) is 0 Å². The lowest BCUT2D eigenvalue weighted by Crippen LogP contribution is -2.72. The van der Waals surface area contributed by atoms with E-state index in [1.165, 1.54) is 141 Å². The monoisotopic (exact) mass is 1860 g/mol. The maximum absolute atomic E-state index is 13.8. The molecule has 6 fully saturated rings. The van der Waals surface area contributed by atoms with Gasteiger partial charge in [0.1, 0.15) is 140 Å². The van der Waals surface area contributed by atoms with E-state index in [-0.39, 0.29) is 12.3 Å². The van der Waals surface area contributed by atoms with Gasteiger partial charge in [-0.3, -0.25) is 19.2 Å². The molecule has 40 heteroatoms. The first-order chi connectivity index (χ1) is 61.9. The lowest BCUT2D eigenvalue weighted by Gasteiger charge is -2.53. The molecule has 0 bridgehead atoms. The first-order valence-electron chi connectivity index (χ1n) is 47.2. The predicted molar refractivity (Wildman–Crippen MR) is 459 cm³/mol. The molecule has 6 saturated heterocycles. The summed E-state index contributed by atoms with van der Waals surface area (Å²) in [6.45, 7) is 0.0916. The summed E-state index contributed by atoms with van der Waals surface area (Å²) < 4.78 is 72.4. The summed E-state index contributed by atoms with van der Waals surface area (Å²) in [5.74, 6) is -8.69. The largest absolute Gasteiger partial charge is 0.477 e. The molecule has 12 unspecified atom stereocenters. The predicted octanol–water partition coefficient (Wildman–Crippen LogP) is -0.178. The summed E-state index contributed by atoms with van der Waals surface area (Å²) in [5.41, 5.74) is 0. The molecular weight excluding hydrogens is 1700 g/mol. The number of hydrogen-bond donors (Lipinski definition) is 23. The first kappa shape index (κ1) is 113. The molecule has 0 aromatic rings. The summed E-state index contributed by atoms with van der Waals surface area (Å²) in [4.78, 5) is 65.8. The Balaban J connectivity index is 1.13. The third-order valence-corrected chi connectivity index (χ3v) is 24.8. The van der Waals surface area contributed by atoms with E-state index >= 15 is 0 Å². The lowest BCUT2D eigenvalue weighted by atomic mass is 9.88. The number of rotatable bonds is 63. The highest BCUT2D eigenvalue weighted by Gasteiger charge is 2.63. The summed E-state index contributed by atoms with van der Waals surface area (Å²) in [7, 11) is 0. The summed E-state index contributed by atoms with van der Waals surface area (Å²) >= 11 is 0. The van der Waals surface area contributed by atoms with Crippen LogP contribution in [0.2, 0.25) is 0 Å². The minimum absolute atomic E-state index is 0.154. The third kappa shape index (κ3) is 35.9.